The Kier molecular flexibility index (Phi) is 5.04. The maximum absolute atomic E-state index is 12.5. The zero-order valence-corrected chi connectivity index (χ0v) is 16.7. The van der Waals surface area contributed by atoms with E-state index >= 15 is 0 Å². The molecule has 0 fully saturated rings. The van der Waals surface area contributed by atoms with Crippen molar-refractivity contribution in [2.45, 2.75) is 6.92 Å². The van der Waals surface area contributed by atoms with Crippen LogP contribution in [-0.4, -0.2) is 20.9 Å². The summed E-state index contributed by atoms with van der Waals surface area (Å²) in [4.78, 5) is 12.5. The fourth-order valence-electron chi connectivity index (χ4n) is 2.84. The Bertz CT molecular complexity index is 1100. The summed E-state index contributed by atoms with van der Waals surface area (Å²) in [5.41, 5.74) is 5.22. The third-order valence-electron chi connectivity index (χ3n) is 4.37. The molecule has 0 aliphatic carbocycles. The Balaban J connectivity index is 1.55. The van der Waals surface area contributed by atoms with E-state index in [1.165, 1.54) is 0 Å². The Morgan fingerprint density at radius 2 is 1.61 bits per heavy atom. The summed E-state index contributed by atoms with van der Waals surface area (Å²) in [6.07, 6.45) is 1.72. The highest BCUT2D eigenvalue weighted by atomic mass is 79.9. The fraction of sp³-hybridized carbons (Fsp3) is 0.0455. The van der Waals surface area contributed by atoms with Gasteiger partial charge < -0.3 is 5.32 Å². The monoisotopic (exact) mass is 432 g/mol. The Morgan fingerprint density at radius 3 is 2.29 bits per heavy atom. The van der Waals surface area contributed by atoms with Gasteiger partial charge in [-0.25, -0.2) is 4.68 Å². The first kappa shape index (κ1) is 18.1. The van der Waals surface area contributed by atoms with Gasteiger partial charge in [0.25, 0.3) is 5.91 Å². The second-order valence-electron chi connectivity index (χ2n) is 6.40. The number of halogens is 1. The Hall–Kier alpha value is -3.25. The van der Waals surface area contributed by atoms with Gasteiger partial charge in [0.2, 0.25) is 0 Å². The number of hydrogen-bond donors (Lipinski definition) is 1. The number of amides is 1. The van der Waals surface area contributed by atoms with Gasteiger partial charge in [-0.15, -0.1) is 5.10 Å². The second-order valence-corrected chi connectivity index (χ2v) is 7.32. The zero-order valence-electron chi connectivity index (χ0n) is 15.1. The molecule has 0 saturated carbocycles. The highest BCUT2D eigenvalue weighted by molar-refractivity contribution is 9.10. The van der Waals surface area contributed by atoms with E-state index in [0.29, 0.717) is 5.56 Å². The molecular weight excluding hydrogens is 416 g/mol. The third-order valence-corrected chi connectivity index (χ3v) is 4.90. The molecule has 4 aromatic rings. The van der Waals surface area contributed by atoms with E-state index in [9.17, 15) is 4.79 Å². The van der Waals surface area contributed by atoms with Gasteiger partial charge in [-0.05, 0) is 55.5 Å². The van der Waals surface area contributed by atoms with Crippen molar-refractivity contribution >= 4 is 27.5 Å². The molecule has 28 heavy (non-hydrogen) atoms. The summed E-state index contributed by atoms with van der Waals surface area (Å²) in [5, 5.41) is 11.1. The minimum absolute atomic E-state index is 0.151. The molecule has 0 saturated heterocycles. The molecule has 6 heteroatoms. The van der Waals surface area contributed by atoms with E-state index in [4.69, 9.17) is 0 Å². The first-order chi connectivity index (χ1) is 13.6. The summed E-state index contributed by atoms with van der Waals surface area (Å²) in [5.74, 6) is -0.151. The lowest BCUT2D eigenvalue weighted by Gasteiger charge is -2.09. The van der Waals surface area contributed by atoms with Crippen LogP contribution in [0.25, 0.3) is 16.9 Å². The zero-order chi connectivity index (χ0) is 19.5. The molecule has 5 nitrogen and oxygen atoms in total. The number of aryl methyl sites for hydroxylation is 1. The maximum Gasteiger partial charge on any atom is 0.255 e. The van der Waals surface area contributed by atoms with Gasteiger partial charge in [0.05, 0.1) is 17.6 Å². The predicted octanol–water partition coefficient (Wildman–Crippen LogP) is 5.26. The first-order valence-corrected chi connectivity index (χ1v) is 9.54. The largest absolute Gasteiger partial charge is 0.322 e. The van der Waals surface area contributed by atoms with Gasteiger partial charge in [0, 0.05) is 21.3 Å². The van der Waals surface area contributed by atoms with Gasteiger partial charge in [-0.2, -0.15) is 0 Å². The quantitative estimate of drug-likeness (QED) is 0.478. The molecule has 0 radical (unpaired) electrons. The molecule has 0 aliphatic heterocycles. The van der Waals surface area contributed by atoms with E-state index in [2.05, 4.69) is 31.6 Å². The molecule has 1 aromatic heterocycles. The molecule has 0 aliphatic rings. The number of benzene rings is 3. The standard InChI is InChI=1S/C22H17BrN4O/c1-15-2-10-19(11-3-15)25-22(28)17-6-12-20(13-7-17)27-21(14-24-26-27)16-4-8-18(23)9-5-16/h2-14H,1H3,(H,25,28). The van der Waals surface area contributed by atoms with Gasteiger partial charge in [-0.1, -0.05) is 51.0 Å². The molecule has 0 unspecified atom stereocenters. The first-order valence-electron chi connectivity index (χ1n) is 8.75. The lowest BCUT2D eigenvalue weighted by atomic mass is 10.1. The van der Waals surface area contributed by atoms with Crippen LogP contribution in [0.5, 0.6) is 0 Å². The molecule has 0 atom stereocenters. The summed E-state index contributed by atoms with van der Waals surface area (Å²) < 4.78 is 2.77. The normalized spacial score (nSPS) is 10.6. The van der Waals surface area contributed by atoms with Crippen LogP contribution < -0.4 is 5.32 Å². The molecule has 0 spiro atoms. The van der Waals surface area contributed by atoms with Crippen LogP contribution in [0.3, 0.4) is 0 Å². The lowest BCUT2D eigenvalue weighted by Crippen LogP contribution is -2.12. The van der Waals surface area contributed by atoms with Crippen molar-refractivity contribution in [1.82, 2.24) is 15.0 Å². The second kappa shape index (κ2) is 7.78. The van der Waals surface area contributed by atoms with E-state index in [1.54, 1.807) is 23.0 Å². The molecular formula is C22H17BrN4O. The number of aromatic nitrogens is 3. The van der Waals surface area contributed by atoms with E-state index < -0.39 is 0 Å². The van der Waals surface area contributed by atoms with Crippen molar-refractivity contribution in [2.75, 3.05) is 5.32 Å². The van der Waals surface area contributed by atoms with E-state index in [1.807, 2.05) is 67.6 Å². The van der Waals surface area contributed by atoms with Crippen molar-refractivity contribution in [2.24, 2.45) is 0 Å². The van der Waals surface area contributed by atoms with Crippen molar-refractivity contribution in [3.8, 4) is 16.9 Å². The molecule has 1 N–H and O–H groups in total. The number of hydrogen-bond acceptors (Lipinski definition) is 3. The van der Waals surface area contributed by atoms with Gasteiger partial charge in [0.15, 0.2) is 0 Å². The van der Waals surface area contributed by atoms with Crippen LogP contribution >= 0.6 is 15.9 Å². The topological polar surface area (TPSA) is 59.8 Å². The maximum atomic E-state index is 12.5. The van der Waals surface area contributed by atoms with Crippen molar-refractivity contribution in [1.29, 1.82) is 0 Å². The average molecular weight is 433 g/mol. The van der Waals surface area contributed by atoms with Crippen molar-refractivity contribution in [3.05, 3.63) is 94.6 Å². The summed E-state index contributed by atoms with van der Waals surface area (Å²) in [6, 6.07) is 23.0. The smallest absolute Gasteiger partial charge is 0.255 e. The number of nitrogens with zero attached hydrogens (tertiary/aromatic N) is 3. The molecule has 1 heterocycles. The summed E-state index contributed by atoms with van der Waals surface area (Å²) in [7, 11) is 0. The predicted molar refractivity (Wildman–Crippen MR) is 114 cm³/mol. The summed E-state index contributed by atoms with van der Waals surface area (Å²) in [6.45, 7) is 2.01. The van der Waals surface area contributed by atoms with Crippen molar-refractivity contribution < 1.29 is 4.79 Å². The highest BCUT2D eigenvalue weighted by Crippen LogP contribution is 2.23. The molecule has 138 valence electrons. The Labute approximate surface area is 171 Å². The van der Waals surface area contributed by atoms with Crippen LogP contribution in [0.1, 0.15) is 15.9 Å². The van der Waals surface area contributed by atoms with E-state index in [0.717, 1.165) is 32.7 Å². The van der Waals surface area contributed by atoms with Crippen LogP contribution in [0.2, 0.25) is 0 Å². The van der Waals surface area contributed by atoms with Gasteiger partial charge >= 0.3 is 0 Å². The minimum atomic E-state index is -0.151. The number of anilines is 1. The fourth-order valence-corrected chi connectivity index (χ4v) is 3.10. The van der Waals surface area contributed by atoms with Crippen LogP contribution in [-0.2, 0) is 0 Å². The van der Waals surface area contributed by atoms with Gasteiger partial charge in [0.1, 0.15) is 0 Å². The molecule has 3 aromatic carbocycles. The Morgan fingerprint density at radius 1 is 0.929 bits per heavy atom. The van der Waals surface area contributed by atoms with E-state index in [-0.39, 0.29) is 5.91 Å². The summed E-state index contributed by atoms with van der Waals surface area (Å²) >= 11 is 3.44. The van der Waals surface area contributed by atoms with Crippen LogP contribution in [0.4, 0.5) is 5.69 Å². The number of nitrogens with one attached hydrogen (secondary N) is 1. The highest BCUT2D eigenvalue weighted by Gasteiger charge is 2.11. The number of carbonyl (C=O) groups excluding carboxylic acids is 1. The average Bonchev–Trinajstić information content (AvgIpc) is 3.20. The SMILES string of the molecule is Cc1ccc(NC(=O)c2ccc(-n3nncc3-c3ccc(Br)cc3)cc2)cc1. The minimum Gasteiger partial charge on any atom is -0.322 e. The molecule has 0 bridgehead atoms. The number of rotatable bonds is 4. The van der Waals surface area contributed by atoms with Crippen LogP contribution in [0, 0.1) is 6.92 Å². The van der Waals surface area contributed by atoms with Gasteiger partial charge in [-0.3, -0.25) is 4.79 Å². The molecule has 1 amide bonds. The van der Waals surface area contributed by atoms with Crippen LogP contribution in [0.15, 0.2) is 83.5 Å². The third kappa shape index (κ3) is 3.87. The lowest BCUT2D eigenvalue weighted by molar-refractivity contribution is 0.102. The molecule has 4 rings (SSSR count). The number of carbonyl (C=O) groups is 1. The van der Waals surface area contributed by atoms with Crippen molar-refractivity contribution in [3.63, 3.8) is 0 Å².